The van der Waals surface area contributed by atoms with Gasteiger partial charge in [0, 0.05) is 22.6 Å². The van der Waals surface area contributed by atoms with E-state index in [4.69, 9.17) is 0 Å². The Morgan fingerprint density at radius 3 is 2.47 bits per heavy atom. The van der Waals surface area contributed by atoms with Crippen LogP contribution in [0.5, 0.6) is 11.5 Å². The van der Waals surface area contributed by atoms with Crippen molar-refractivity contribution in [2.24, 2.45) is 0 Å². The van der Waals surface area contributed by atoms with Gasteiger partial charge in [0.25, 0.3) is 0 Å². The van der Waals surface area contributed by atoms with Crippen molar-refractivity contribution in [3.05, 3.63) is 53.5 Å². The second kappa shape index (κ2) is 8.14. The van der Waals surface area contributed by atoms with Gasteiger partial charge in [-0.1, -0.05) is 26.8 Å². The molecule has 36 heavy (non-hydrogen) atoms. The molecule has 10 heteroatoms. The van der Waals surface area contributed by atoms with Crippen molar-refractivity contribution in [1.82, 2.24) is 4.57 Å². The molecule has 1 aliphatic carbocycles. The van der Waals surface area contributed by atoms with Crippen LogP contribution in [0.25, 0.3) is 10.9 Å². The lowest BCUT2D eigenvalue weighted by Gasteiger charge is -2.23. The van der Waals surface area contributed by atoms with Crippen LogP contribution in [0.4, 0.5) is 18.9 Å². The number of nitrogens with zero attached hydrogens (tertiary/aromatic N) is 1. The van der Waals surface area contributed by atoms with E-state index in [0.29, 0.717) is 29.3 Å². The van der Waals surface area contributed by atoms with Crippen LogP contribution in [0.3, 0.4) is 0 Å². The fourth-order valence-electron chi connectivity index (χ4n) is 4.73. The smallest absolute Gasteiger partial charge is 0.395 e. The number of alkyl halides is 2. The van der Waals surface area contributed by atoms with E-state index >= 15 is 4.39 Å². The van der Waals surface area contributed by atoms with Crippen molar-refractivity contribution < 1.29 is 37.7 Å². The summed E-state index contributed by atoms with van der Waals surface area (Å²) in [5.41, 5.74) is 0.532. The molecule has 7 nitrogen and oxygen atoms in total. The molecule has 0 saturated heterocycles. The van der Waals surface area contributed by atoms with Crippen LogP contribution in [0, 0.1) is 5.82 Å². The number of carbonyl (C=O) groups is 1. The maximum atomic E-state index is 15.2. The molecule has 0 spiro atoms. The molecule has 1 fully saturated rings. The standard InChI is InChI=1S/C26H27F3N2O5/c1-24(2,3)22-9-14-8-18(17(27)11-19(14)31(22)12-16(33)13-32)30-23(34)25(6-7-25)15-4-5-20-21(10-15)36-26(28,29)35-20/h4-5,8-11,16,32-33H,6-7,12-13H2,1-3H3,(H,30,34)/t16-/m1/s1. The molecule has 1 saturated carbocycles. The Balaban J connectivity index is 1.46. The van der Waals surface area contributed by atoms with Crippen LogP contribution in [0.15, 0.2) is 36.4 Å². The molecule has 5 rings (SSSR count). The van der Waals surface area contributed by atoms with Crippen LogP contribution in [-0.2, 0) is 22.2 Å². The van der Waals surface area contributed by atoms with Gasteiger partial charge in [-0.2, -0.15) is 0 Å². The van der Waals surface area contributed by atoms with E-state index in [1.807, 2.05) is 26.8 Å². The molecule has 1 amide bonds. The van der Waals surface area contributed by atoms with Gasteiger partial charge < -0.3 is 29.6 Å². The highest BCUT2D eigenvalue weighted by atomic mass is 19.3. The van der Waals surface area contributed by atoms with E-state index in [1.54, 1.807) is 4.57 Å². The molecule has 2 heterocycles. The van der Waals surface area contributed by atoms with E-state index in [9.17, 15) is 23.8 Å². The fourth-order valence-corrected chi connectivity index (χ4v) is 4.73. The summed E-state index contributed by atoms with van der Waals surface area (Å²) in [6.07, 6.45) is -3.82. The Kier molecular flexibility index (Phi) is 5.53. The molecule has 1 aromatic heterocycles. The third-order valence-corrected chi connectivity index (χ3v) is 6.75. The SMILES string of the molecule is CC(C)(C)c1cc2cc(NC(=O)C3(c4ccc5c(c4)OC(F)(F)O5)CC3)c(F)cc2n1C[C@@H](O)CO. The third kappa shape index (κ3) is 4.18. The maximum Gasteiger partial charge on any atom is 0.586 e. The van der Waals surface area contributed by atoms with Crippen molar-refractivity contribution in [3.63, 3.8) is 0 Å². The summed E-state index contributed by atoms with van der Waals surface area (Å²) in [7, 11) is 0. The van der Waals surface area contributed by atoms with Crippen molar-refractivity contribution in [2.75, 3.05) is 11.9 Å². The minimum Gasteiger partial charge on any atom is -0.395 e. The quantitative estimate of drug-likeness (QED) is 0.462. The Labute approximate surface area is 205 Å². The van der Waals surface area contributed by atoms with Crippen molar-refractivity contribution in [3.8, 4) is 11.5 Å². The van der Waals surface area contributed by atoms with E-state index in [1.165, 1.54) is 30.3 Å². The van der Waals surface area contributed by atoms with Crippen molar-refractivity contribution >= 4 is 22.5 Å². The van der Waals surface area contributed by atoms with Gasteiger partial charge in [0.15, 0.2) is 11.5 Å². The minimum atomic E-state index is -3.76. The molecule has 2 aromatic carbocycles. The van der Waals surface area contributed by atoms with E-state index < -0.39 is 36.1 Å². The second-order valence-corrected chi connectivity index (χ2v) is 10.5. The molecule has 1 aliphatic heterocycles. The first-order valence-electron chi connectivity index (χ1n) is 11.7. The largest absolute Gasteiger partial charge is 0.586 e. The molecule has 0 radical (unpaired) electrons. The topological polar surface area (TPSA) is 93.0 Å². The molecule has 1 atom stereocenters. The molecular formula is C26H27F3N2O5. The number of aliphatic hydroxyl groups excluding tert-OH is 2. The molecule has 192 valence electrons. The maximum absolute atomic E-state index is 15.2. The van der Waals surface area contributed by atoms with Crippen molar-refractivity contribution in [1.29, 1.82) is 0 Å². The molecule has 3 aromatic rings. The first kappa shape index (κ1) is 24.5. The Morgan fingerprint density at radius 1 is 1.14 bits per heavy atom. The van der Waals surface area contributed by atoms with Gasteiger partial charge in [0.05, 0.1) is 35.9 Å². The summed E-state index contributed by atoms with van der Waals surface area (Å²) in [6.45, 7) is 5.62. The summed E-state index contributed by atoms with van der Waals surface area (Å²) in [5, 5.41) is 22.7. The first-order chi connectivity index (χ1) is 16.8. The monoisotopic (exact) mass is 504 g/mol. The molecule has 0 bridgehead atoms. The summed E-state index contributed by atoms with van der Waals surface area (Å²) < 4.78 is 52.7. The van der Waals surface area contributed by atoms with Crippen LogP contribution in [0.2, 0.25) is 0 Å². The third-order valence-electron chi connectivity index (χ3n) is 6.75. The number of nitrogens with one attached hydrogen (secondary N) is 1. The van der Waals surface area contributed by atoms with Crippen LogP contribution in [0.1, 0.15) is 44.9 Å². The van der Waals surface area contributed by atoms with E-state index in [0.717, 1.165) is 5.69 Å². The highest BCUT2D eigenvalue weighted by molar-refractivity contribution is 6.02. The first-order valence-corrected chi connectivity index (χ1v) is 11.7. The highest BCUT2D eigenvalue weighted by Crippen LogP contribution is 2.52. The average Bonchev–Trinajstić information content (AvgIpc) is 3.44. The van der Waals surface area contributed by atoms with Crippen LogP contribution in [-0.4, -0.2) is 39.7 Å². The number of anilines is 1. The van der Waals surface area contributed by atoms with E-state index in [2.05, 4.69) is 14.8 Å². The lowest BCUT2D eigenvalue weighted by Crippen LogP contribution is -2.28. The van der Waals surface area contributed by atoms with Crippen LogP contribution < -0.4 is 14.8 Å². The molecule has 3 N–H and O–H groups in total. The number of rotatable bonds is 6. The number of halogens is 3. The van der Waals surface area contributed by atoms with Gasteiger partial charge in [-0.3, -0.25) is 4.79 Å². The highest BCUT2D eigenvalue weighted by Gasteiger charge is 2.53. The summed E-state index contributed by atoms with van der Waals surface area (Å²) in [6, 6.07) is 8.95. The Hall–Kier alpha value is -3.24. The van der Waals surface area contributed by atoms with E-state index in [-0.39, 0.29) is 29.1 Å². The van der Waals surface area contributed by atoms with Crippen LogP contribution >= 0.6 is 0 Å². The zero-order valence-electron chi connectivity index (χ0n) is 20.1. The Bertz CT molecular complexity index is 1360. The van der Waals surface area contributed by atoms with Gasteiger partial charge in [0.2, 0.25) is 5.91 Å². The number of hydrogen-bond acceptors (Lipinski definition) is 5. The van der Waals surface area contributed by atoms with Gasteiger partial charge >= 0.3 is 6.29 Å². The lowest BCUT2D eigenvalue weighted by molar-refractivity contribution is -0.286. The number of fused-ring (bicyclic) bond motifs is 2. The zero-order valence-corrected chi connectivity index (χ0v) is 20.1. The number of aromatic nitrogens is 1. The predicted molar refractivity (Wildman–Crippen MR) is 126 cm³/mol. The van der Waals surface area contributed by atoms with Gasteiger partial charge in [-0.05, 0) is 42.7 Å². The number of hydrogen-bond donors (Lipinski definition) is 3. The summed E-state index contributed by atoms with van der Waals surface area (Å²) in [4.78, 5) is 13.3. The number of carbonyl (C=O) groups excluding carboxylic acids is 1. The Morgan fingerprint density at radius 2 is 1.83 bits per heavy atom. The average molecular weight is 505 g/mol. The van der Waals surface area contributed by atoms with Crippen molar-refractivity contribution in [2.45, 2.75) is 63.4 Å². The number of amides is 1. The molecule has 2 aliphatic rings. The van der Waals surface area contributed by atoms with Gasteiger partial charge in [0.1, 0.15) is 5.82 Å². The number of ether oxygens (including phenoxy) is 2. The number of benzene rings is 2. The fraction of sp³-hybridized carbons (Fsp3) is 0.423. The predicted octanol–water partition coefficient (Wildman–Crippen LogP) is 4.42. The summed E-state index contributed by atoms with van der Waals surface area (Å²) in [5.74, 6) is -1.36. The number of aliphatic hydroxyl groups is 2. The zero-order chi connectivity index (χ0) is 26.0. The minimum absolute atomic E-state index is 0.00799. The lowest BCUT2D eigenvalue weighted by atomic mass is 9.92. The van der Waals surface area contributed by atoms with Gasteiger partial charge in [-0.25, -0.2) is 4.39 Å². The summed E-state index contributed by atoms with van der Waals surface area (Å²) >= 11 is 0. The van der Waals surface area contributed by atoms with Gasteiger partial charge in [-0.15, -0.1) is 8.78 Å². The normalized spacial score (nSPS) is 18.3. The molecular weight excluding hydrogens is 477 g/mol. The molecule has 0 unspecified atom stereocenters. The second-order valence-electron chi connectivity index (χ2n) is 10.5.